The third-order valence-electron chi connectivity index (χ3n) is 7.28. The van der Waals surface area contributed by atoms with Crippen LogP contribution in [-0.4, -0.2) is 63.6 Å². The van der Waals surface area contributed by atoms with Crippen LogP contribution in [0.25, 0.3) is 0 Å². The summed E-state index contributed by atoms with van der Waals surface area (Å²) in [7, 11) is -4.00. The zero-order valence-electron chi connectivity index (χ0n) is 23.0. The third kappa shape index (κ3) is 6.19. The number of carbonyl (C=O) groups is 1. The van der Waals surface area contributed by atoms with Crippen molar-refractivity contribution >= 4 is 21.6 Å². The standard InChI is InChI=1S/C32H31N3O6S/c36-32(34-19-17-33(18-20-34)22-25-11-16-30-31(21-25)40-24-39-30)23-35(42(37,38)29-9-5-2-6-10-29)26-12-14-28(15-13-26)41-27-7-3-1-4-8-27/h1-16,21H,17-20,22-24H2. The Hall–Kier alpha value is -4.54. The number of hydrogen-bond donors (Lipinski definition) is 0. The van der Waals surface area contributed by atoms with Gasteiger partial charge in [-0.05, 0) is 66.2 Å². The SMILES string of the molecule is O=C(CN(c1ccc(Oc2ccccc2)cc1)S(=O)(=O)c1ccccc1)N1CCN(Cc2ccc3c(c2)OCO3)CC1. The Labute approximate surface area is 245 Å². The number of benzene rings is 4. The number of nitrogens with zero attached hydrogens (tertiary/aromatic N) is 3. The summed E-state index contributed by atoms with van der Waals surface area (Å²) in [4.78, 5) is 17.6. The molecule has 9 nitrogen and oxygen atoms in total. The van der Waals surface area contributed by atoms with E-state index in [4.69, 9.17) is 14.2 Å². The number of sulfonamides is 1. The predicted octanol–water partition coefficient (Wildman–Crippen LogP) is 4.75. The molecule has 216 valence electrons. The maximum absolute atomic E-state index is 13.8. The molecule has 4 aromatic rings. The van der Waals surface area contributed by atoms with E-state index in [2.05, 4.69) is 4.90 Å². The molecule has 0 bridgehead atoms. The van der Waals surface area contributed by atoms with Gasteiger partial charge in [0.05, 0.1) is 10.6 Å². The molecule has 42 heavy (non-hydrogen) atoms. The summed E-state index contributed by atoms with van der Waals surface area (Å²) >= 11 is 0. The highest BCUT2D eigenvalue weighted by Crippen LogP contribution is 2.33. The molecule has 0 aromatic heterocycles. The van der Waals surface area contributed by atoms with Crippen LogP contribution in [0.4, 0.5) is 5.69 Å². The molecule has 0 saturated carbocycles. The van der Waals surface area contributed by atoms with Gasteiger partial charge in [-0.1, -0.05) is 42.5 Å². The summed E-state index contributed by atoms with van der Waals surface area (Å²) < 4.78 is 45.5. The minimum Gasteiger partial charge on any atom is -0.457 e. The van der Waals surface area contributed by atoms with Crippen molar-refractivity contribution in [2.75, 3.05) is 43.8 Å². The quantitative estimate of drug-likeness (QED) is 0.280. The summed E-state index contributed by atoms with van der Waals surface area (Å²) in [6, 6.07) is 30.2. The molecule has 0 radical (unpaired) electrons. The van der Waals surface area contributed by atoms with Crippen molar-refractivity contribution in [2.24, 2.45) is 0 Å². The first-order valence-electron chi connectivity index (χ1n) is 13.8. The summed E-state index contributed by atoms with van der Waals surface area (Å²) in [5, 5.41) is 0. The summed E-state index contributed by atoms with van der Waals surface area (Å²) in [6.07, 6.45) is 0. The van der Waals surface area contributed by atoms with E-state index >= 15 is 0 Å². The van der Waals surface area contributed by atoms with Crippen LogP contribution < -0.4 is 18.5 Å². The first kappa shape index (κ1) is 27.6. The number of hydrogen-bond acceptors (Lipinski definition) is 7. The Balaban J connectivity index is 1.14. The number of amides is 1. The molecule has 0 unspecified atom stereocenters. The molecule has 4 aromatic carbocycles. The van der Waals surface area contributed by atoms with Gasteiger partial charge >= 0.3 is 0 Å². The third-order valence-corrected chi connectivity index (χ3v) is 9.07. The smallest absolute Gasteiger partial charge is 0.264 e. The minimum absolute atomic E-state index is 0.121. The Morgan fingerprint density at radius 1 is 0.762 bits per heavy atom. The molecule has 2 aliphatic rings. The lowest BCUT2D eigenvalue weighted by atomic mass is 10.1. The fraction of sp³-hybridized carbons (Fsp3) is 0.219. The highest BCUT2D eigenvalue weighted by atomic mass is 32.2. The Kier molecular flexibility index (Phi) is 7.98. The average Bonchev–Trinajstić information content (AvgIpc) is 3.50. The van der Waals surface area contributed by atoms with Crippen LogP contribution in [0.5, 0.6) is 23.0 Å². The van der Waals surface area contributed by atoms with Gasteiger partial charge in [-0.2, -0.15) is 0 Å². The van der Waals surface area contributed by atoms with Gasteiger partial charge in [-0.3, -0.25) is 14.0 Å². The van der Waals surface area contributed by atoms with E-state index in [1.165, 1.54) is 16.4 Å². The maximum atomic E-state index is 13.8. The molecular weight excluding hydrogens is 554 g/mol. The molecule has 1 amide bonds. The van der Waals surface area contributed by atoms with Gasteiger partial charge < -0.3 is 19.1 Å². The van der Waals surface area contributed by atoms with Crippen molar-refractivity contribution < 1.29 is 27.4 Å². The average molecular weight is 586 g/mol. The highest BCUT2D eigenvalue weighted by molar-refractivity contribution is 7.92. The summed E-state index contributed by atoms with van der Waals surface area (Å²) in [6.45, 7) is 3.03. The van der Waals surface area contributed by atoms with Crippen LogP contribution in [0.2, 0.25) is 0 Å². The number of carbonyl (C=O) groups excluding carboxylic acids is 1. The summed E-state index contributed by atoms with van der Waals surface area (Å²) in [5.41, 5.74) is 1.49. The lowest BCUT2D eigenvalue weighted by molar-refractivity contribution is -0.131. The van der Waals surface area contributed by atoms with E-state index in [0.29, 0.717) is 43.4 Å². The molecule has 2 aliphatic heterocycles. The molecule has 2 heterocycles. The molecule has 1 saturated heterocycles. The summed E-state index contributed by atoms with van der Waals surface area (Å²) in [5.74, 6) is 2.49. The predicted molar refractivity (Wildman–Crippen MR) is 158 cm³/mol. The topological polar surface area (TPSA) is 88.6 Å². The van der Waals surface area contributed by atoms with Crippen LogP contribution in [0.3, 0.4) is 0 Å². The Morgan fingerprint density at radius 3 is 2.12 bits per heavy atom. The molecule has 6 rings (SSSR count). The largest absolute Gasteiger partial charge is 0.457 e. The van der Waals surface area contributed by atoms with Gasteiger partial charge in [-0.25, -0.2) is 8.42 Å². The number of para-hydroxylation sites is 1. The molecular formula is C32H31N3O6S. The lowest BCUT2D eigenvalue weighted by Gasteiger charge is -2.36. The van der Waals surface area contributed by atoms with Gasteiger partial charge in [0, 0.05) is 32.7 Å². The number of rotatable bonds is 9. The van der Waals surface area contributed by atoms with Crippen LogP contribution in [-0.2, 0) is 21.4 Å². The fourth-order valence-corrected chi connectivity index (χ4v) is 6.45. The Morgan fingerprint density at radius 2 is 1.40 bits per heavy atom. The monoisotopic (exact) mass is 585 g/mol. The number of piperazine rings is 1. The van der Waals surface area contributed by atoms with Crippen LogP contribution in [0.15, 0.2) is 108 Å². The molecule has 0 aliphatic carbocycles. The minimum atomic E-state index is -4.00. The van der Waals surface area contributed by atoms with Gasteiger partial charge in [0.15, 0.2) is 11.5 Å². The van der Waals surface area contributed by atoms with Crippen LogP contribution >= 0.6 is 0 Å². The molecule has 1 fully saturated rings. The lowest BCUT2D eigenvalue weighted by Crippen LogP contribution is -2.51. The zero-order chi connectivity index (χ0) is 28.9. The van der Waals surface area contributed by atoms with E-state index in [1.807, 2.05) is 48.5 Å². The fourth-order valence-electron chi connectivity index (χ4n) is 5.02. The number of anilines is 1. The van der Waals surface area contributed by atoms with E-state index in [-0.39, 0.29) is 24.1 Å². The van der Waals surface area contributed by atoms with E-state index < -0.39 is 10.0 Å². The zero-order valence-corrected chi connectivity index (χ0v) is 23.8. The van der Waals surface area contributed by atoms with Crippen molar-refractivity contribution in [2.45, 2.75) is 11.4 Å². The Bertz CT molecular complexity index is 1620. The van der Waals surface area contributed by atoms with E-state index in [1.54, 1.807) is 47.4 Å². The second-order valence-electron chi connectivity index (χ2n) is 10.1. The second-order valence-corrected chi connectivity index (χ2v) is 11.9. The molecule has 0 atom stereocenters. The van der Waals surface area contributed by atoms with E-state index in [9.17, 15) is 13.2 Å². The van der Waals surface area contributed by atoms with Crippen molar-refractivity contribution in [3.05, 3.63) is 109 Å². The van der Waals surface area contributed by atoms with E-state index in [0.717, 1.165) is 23.6 Å². The first-order chi connectivity index (χ1) is 20.5. The van der Waals surface area contributed by atoms with Crippen molar-refractivity contribution in [3.8, 4) is 23.0 Å². The molecule has 0 spiro atoms. The van der Waals surface area contributed by atoms with Crippen LogP contribution in [0.1, 0.15) is 5.56 Å². The van der Waals surface area contributed by atoms with Gasteiger partial charge in [0.1, 0.15) is 18.0 Å². The van der Waals surface area contributed by atoms with Gasteiger partial charge in [0.25, 0.3) is 10.0 Å². The van der Waals surface area contributed by atoms with Crippen molar-refractivity contribution in [3.63, 3.8) is 0 Å². The highest BCUT2D eigenvalue weighted by Gasteiger charge is 2.30. The second kappa shape index (κ2) is 12.1. The maximum Gasteiger partial charge on any atom is 0.264 e. The van der Waals surface area contributed by atoms with Crippen LogP contribution in [0, 0.1) is 0 Å². The normalized spacial score (nSPS) is 14.9. The first-order valence-corrected chi connectivity index (χ1v) is 15.2. The molecule has 0 N–H and O–H groups in total. The van der Waals surface area contributed by atoms with Crippen molar-refractivity contribution in [1.29, 1.82) is 0 Å². The number of ether oxygens (including phenoxy) is 3. The molecule has 10 heteroatoms. The van der Waals surface area contributed by atoms with Crippen molar-refractivity contribution in [1.82, 2.24) is 9.80 Å². The van der Waals surface area contributed by atoms with Gasteiger partial charge in [-0.15, -0.1) is 0 Å². The van der Waals surface area contributed by atoms with Gasteiger partial charge in [0.2, 0.25) is 12.7 Å². The number of fused-ring (bicyclic) bond motifs is 1.